The van der Waals surface area contributed by atoms with Crippen LogP contribution in [0.1, 0.15) is 28.9 Å². The van der Waals surface area contributed by atoms with Gasteiger partial charge in [-0.1, -0.05) is 0 Å². The van der Waals surface area contributed by atoms with Crippen LogP contribution in [0.4, 0.5) is 5.13 Å². The second kappa shape index (κ2) is 6.99. The number of Topliss-reactive ketones (excluding diaryl/α,β-unsaturated/α-hetero) is 1. The maximum Gasteiger partial charge on any atom is 0.226 e. The lowest BCUT2D eigenvalue weighted by Crippen LogP contribution is -2.13. The topological polar surface area (TPSA) is 68.3 Å². The minimum Gasteiger partial charge on any atom is -0.497 e. The van der Waals surface area contributed by atoms with Crippen molar-refractivity contribution >= 4 is 28.2 Å². The fraction of sp³-hybridized carbons (Fsp3) is 0.267. The third-order valence-corrected chi connectivity index (χ3v) is 3.73. The Kier molecular flexibility index (Phi) is 5.05. The van der Waals surface area contributed by atoms with Crippen LogP contribution in [-0.4, -0.2) is 23.8 Å². The molecule has 0 atom stereocenters. The lowest BCUT2D eigenvalue weighted by molar-refractivity contribution is -0.116. The van der Waals surface area contributed by atoms with Gasteiger partial charge in [-0.2, -0.15) is 0 Å². The Morgan fingerprint density at radius 3 is 2.52 bits per heavy atom. The number of carbonyl (C=O) groups excluding carboxylic acids is 2. The molecule has 21 heavy (non-hydrogen) atoms. The minimum absolute atomic E-state index is 0.0666. The molecular weight excluding hydrogens is 288 g/mol. The summed E-state index contributed by atoms with van der Waals surface area (Å²) in [6.45, 7) is 1.86. The molecule has 1 amide bonds. The van der Waals surface area contributed by atoms with Gasteiger partial charge in [0.05, 0.1) is 12.8 Å². The first-order valence-corrected chi connectivity index (χ1v) is 7.35. The number of thiazole rings is 1. The number of aryl methyl sites for hydroxylation is 1. The average molecular weight is 304 g/mol. The van der Waals surface area contributed by atoms with E-state index in [1.54, 1.807) is 31.4 Å². The number of benzene rings is 1. The van der Waals surface area contributed by atoms with Crippen LogP contribution < -0.4 is 10.1 Å². The van der Waals surface area contributed by atoms with Gasteiger partial charge >= 0.3 is 0 Å². The zero-order valence-electron chi connectivity index (χ0n) is 11.9. The van der Waals surface area contributed by atoms with Gasteiger partial charge in [-0.25, -0.2) is 4.98 Å². The maximum absolute atomic E-state index is 12.0. The Hall–Kier alpha value is -2.21. The molecule has 1 heterocycles. The van der Waals surface area contributed by atoms with Crippen LogP contribution in [0, 0.1) is 6.92 Å². The number of anilines is 1. The molecule has 0 spiro atoms. The lowest BCUT2D eigenvalue weighted by atomic mass is 10.1. The molecule has 2 aromatic rings. The highest BCUT2D eigenvalue weighted by Gasteiger charge is 2.10. The highest BCUT2D eigenvalue weighted by atomic mass is 32.1. The van der Waals surface area contributed by atoms with Crippen molar-refractivity contribution in [3.8, 4) is 5.75 Å². The summed E-state index contributed by atoms with van der Waals surface area (Å²) in [5.41, 5.74) is 1.44. The third-order valence-electron chi connectivity index (χ3n) is 2.86. The van der Waals surface area contributed by atoms with Crippen molar-refractivity contribution in [1.82, 2.24) is 4.98 Å². The van der Waals surface area contributed by atoms with E-state index < -0.39 is 0 Å². The van der Waals surface area contributed by atoms with Gasteiger partial charge in [0, 0.05) is 23.8 Å². The summed E-state index contributed by atoms with van der Waals surface area (Å²) in [4.78, 5) is 27.9. The van der Waals surface area contributed by atoms with E-state index in [2.05, 4.69) is 10.3 Å². The number of hydrogen-bond donors (Lipinski definition) is 1. The van der Waals surface area contributed by atoms with Crippen LogP contribution in [0.3, 0.4) is 0 Å². The van der Waals surface area contributed by atoms with E-state index in [-0.39, 0.29) is 24.5 Å². The molecule has 110 valence electrons. The monoisotopic (exact) mass is 304 g/mol. The number of methoxy groups -OCH3 is 1. The molecule has 0 saturated heterocycles. The Balaban J connectivity index is 1.83. The number of carbonyl (C=O) groups is 2. The first kappa shape index (κ1) is 15.2. The molecule has 5 nitrogen and oxygen atoms in total. The van der Waals surface area contributed by atoms with Crippen molar-refractivity contribution in [2.75, 3.05) is 12.4 Å². The van der Waals surface area contributed by atoms with Gasteiger partial charge in [0.1, 0.15) is 5.75 Å². The molecule has 0 bridgehead atoms. The minimum atomic E-state index is -0.203. The summed E-state index contributed by atoms with van der Waals surface area (Å²) < 4.78 is 5.03. The molecule has 1 aromatic carbocycles. The van der Waals surface area contributed by atoms with Gasteiger partial charge in [0.25, 0.3) is 0 Å². The number of ether oxygens (including phenoxy) is 1. The highest BCUT2D eigenvalue weighted by Crippen LogP contribution is 2.16. The SMILES string of the molecule is COc1ccc(C(=O)CCC(=O)Nc2nc(C)cs2)cc1. The normalized spacial score (nSPS) is 10.2. The van der Waals surface area contributed by atoms with E-state index in [0.717, 1.165) is 5.69 Å². The van der Waals surface area contributed by atoms with Gasteiger partial charge in [-0.05, 0) is 31.2 Å². The van der Waals surface area contributed by atoms with E-state index in [9.17, 15) is 9.59 Å². The smallest absolute Gasteiger partial charge is 0.226 e. The summed E-state index contributed by atoms with van der Waals surface area (Å²) in [5.74, 6) is 0.428. The summed E-state index contributed by atoms with van der Waals surface area (Å²) in [6.07, 6.45) is 0.312. The number of amides is 1. The predicted octanol–water partition coefficient (Wildman–Crippen LogP) is 3.06. The van der Waals surface area contributed by atoms with Gasteiger partial charge in [-0.3, -0.25) is 9.59 Å². The zero-order chi connectivity index (χ0) is 15.2. The lowest BCUT2D eigenvalue weighted by Gasteiger charge is -2.03. The fourth-order valence-electron chi connectivity index (χ4n) is 1.74. The molecule has 0 saturated carbocycles. The Morgan fingerprint density at radius 1 is 1.24 bits per heavy atom. The molecule has 2 rings (SSSR count). The summed E-state index contributed by atoms with van der Waals surface area (Å²) in [6, 6.07) is 6.85. The van der Waals surface area contributed by atoms with Gasteiger partial charge in [-0.15, -0.1) is 11.3 Å². The molecule has 0 unspecified atom stereocenters. The molecular formula is C15H16N2O3S. The van der Waals surface area contributed by atoms with Crippen LogP contribution in [0.2, 0.25) is 0 Å². The first-order chi connectivity index (χ1) is 10.1. The molecule has 0 aliphatic carbocycles. The van der Waals surface area contributed by atoms with E-state index >= 15 is 0 Å². The largest absolute Gasteiger partial charge is 0.497 e. The van der Waals surface area contributed by atoms with Crippen molar-refractivity contribution in [3.05, 3.63) is 40.9 Å². The van der Waals surface area contributed by atoms with E-state index in [1.807, 2.05) is 12.3 Å². The Labute approximate surface area is 127 Å². The van der Waals surface area contributed by atoms with Crippen molar-refractivity contribution in [3.63, 3.8) is 0 Å². The van der Waals surface area contributed by atoms with Crippen molar-refractivity contribution in [2.24, 2.45) is 0 Å². The summed E-state index contributed by atoms with van der Waals surface area (Å²) in [7, 11) is 1.57. The third kappa shape index (κ3) is 4.39. The summed E-state index contributed by atoms with van der Waals surface area (Å²) in [5, 5.41) is 5.11. The molecule has 1 aromatic heterocycles. The number of hydrogen-bond acceptors (Lipinski definition) is 5. The number of ketones is 1. The van der Waals surface area contributed by atoms with Gasteiger partial charge in [0.15, 0.2) is 10.9 Å². The molecule has 0 fully saturated rings. The molecule has 0 radical (unpaired) electrons. The van der Waals surface area contributed by atoms with Crippen LogP contribution in [0.25, 0.3) is 0 Å². The highest BCUT2D eigenvalue weighted by molar-refractivity contribution is 7.13. The zero-order valence-corrected chi connectivity index (χ0v) is 12.7. The van der Waals surface area contributed by atoms with Crippen LogP contribution >= 0.6 is 11.3 Å². The maximum atomic E-state index is 12.0. The number of nitrogens with one attached hydrogen (secondary N) is 1. The number of aromatic nitrogens is 1. The standard InChI is InChI=1S/C15H16N2O3S/c1-10-9-21-15(16-10)17-14(19)8-7-13(18)11-3-5-12(20-2)6-4-11/h3-6,9H,7-8H2,1-2H3,(H,16,17,19). The predicted molar refractivity (Wildman–Crippen MR) is 82.0 cm³/mol. The molecule has 6 heteroatoms. The Morgan fingerprint density at radius 2 is 1.95 bits per heavy atom. The van der Waals surface area contributed by atoms with E-state index in [0.29, 0.717) is 16.4 Å². The fourth-order valence-corrected chi connectivity index (χ4v) is 2.45. The van der Waals surface area contributed by atoms with Crippen molar-refractivity contribution in [1.29, 1.82) is 0 Å². The van der Waals surface area contributed by atoms with Crippen molar-refractivity contribution in [2.45, 2.75) is 19.8 Å². The van der Waals surface area contributed by atoms with Crippen LogP contribution in [-0.2, 0) is 4.79 Å². The second-order valence-corrected chi connectivity index (χ2v) is 5.35. The molecule has 0 aliphatic rings. The number of rotatable bonds is 6. The van der Waals surface area contributed by atoms with Crippen molar-refractivity contribution < 1.29 is 14.3 Å². The molecule has 0 aliphatic heterocycles. The van der Waals surface area contributed by atoms with Gasteiger partial charge < -0.3 is 10.1 Å². The van der Waals surface area contributed by atoms with Gasteiger partial charge in [0.2, 0.25) is 5.91 Å². The van der Waals surface area contributed by atoms with Crippen LogP contribution in [0.15, 0.2) is 29.6 Å². The van der Waals surface area contributed by atoms with Crippen LogP contribution in [0.5, 0.6) is 5.75 Å². The average Bonchev–Trinajstić information content (AvgIpc) is 2.90. The van der Waals surface area contributed by atoms with E-state index in [1.165, 1.54) is 11.3 Å². The summed E-state index contributed by atoms with van der Waals surface area (Å²) >= 11 is 1.37. The number of nitrogens with zero attached hydrogens (tertiary/aromatic N) is 1. The van der Waals surface area contributed by atoms with E-state index in [4.69, 9.17) is 4.74 Å². The molecule has 1 N–H and O–H groups in total. The second-order valence-electron chi connectivity index (χ2n) is 4.49. The quantitative estimate of drug-likeness (QED) is 0.833. The Bertz CT molecular complexity index is 635. The first-order valence-electron chi connectivity index (χ1n) is 6.47.